The number of anilines is 2. The molecule has 0 bridgehead atoms. The lowest BCUT2D eigenvalue weighted by molar-refractivity contribution is -0.132. The van der Waals surface area contributed by atoms with Crippen LogP contribution in [0.15, 0.2) is 60.8 Å². The first kappa shape index (κ1) is 24.7. The summed E-state index contributed by atoms with van der Waals surface area (Å²) in [6.45, 7) is 2.71. The zero-order valence-corrected chi connectivity index (χ0v) is 21.1. The molecule has 8 nitrogen and oxygen atoms in total. The minimum absolute atomic E-state index is 0.0632. The molecule has 0 unspecified atom stereocenters. The van der Waals surface area contributed by atoms with E-state index in [1.54, 1.807) is 23.0 Å². The molecule has 3 aromatic rings. The Bertz CT molecular complexity index is 1310. The number of carbonyl (C=O) groups is 2. The number of nitrogens with zero attached hydrogens (tertiary/aromatic N) is 5. The number of nitriles is 1. The lowest BCUT2D eigenvalue weighted by Crippen LogP contribution is -2.46. The first-order chi connectivity index (χ1) is 18.0. The predicted octanol–water partition coefficient (Wildman–Crippen LogP) is 3.90. The SMILES string of the molecule is CN(C(=O)c1ccc(NC2CCN(CC(=O)N3CCC[C@H]3C#N)CC2)c2cccnc12)c1ccccc1. The summed E-state index contributed by atoms with van der Waals surface area (Å²) in [5.41, 5.74) is 3.04. The van der Waals surface area contributed by atoms with Crippen molar-refractivity contribution in [3.05, 3.63) is 66.4 Å². The number of aromatic nitrogens is 1. The van der Waals surface area contributed by atoms with Gasteiger partial charge in [0, 0.05) is 55.7 Å². The average molecular weight is 497 g/mol. The summed E-state index contributed by atoms with van der Waals surface area (Å²) < 4.78 is 0. The topological polar surface area (TPSA) is 92.6 Å². The number of likely N-dealkylation sites (tertiary alicyclic amines) is 2. The van der Waals surface area contributed by atoms with Gasteiger partial charge >= 0.3 is 0 Å². The highest BCUT2D eigenvalue weighted by Crippen LogP contribution is 2.29. The van der Waals surface area contributed by atoms with Gasteiger partial charge in [0.25, 0.3) is 5.91 Å². The van der Waals surface area contributed by atoms with Gasteiger partial charge in [-0.3, -0.25) is 19.5 Å². The highest BCUT2D eigenvalue weighted by atomic mass is 16.2. The Balaban J connectivity index is 1.24. The third-order valence-corrected chi connectivity index (χ3v) is 7.48. The number of hydrogen-bond acceptors (Lipinski definition) is 6. The van der Waals surface area contributed by atoms with Crippen molar-refractivity contribution in [3.8, 4) is 6.07 Å². The highest BCUT2D eigenvalue weighted by Gasteiger charge is 2.30. The zero-order chi connectivity index (χ0) is 25.8. The van der Waals surface area contributed by atoms with Crippen LogP contribution in [0.2, 0.25) is 0 Å². The molecule has 1 N–H and O–H groups in total. The maximum Gasteiger partial charge on any atom is 0.260 e. The number of pyridine rings is 1. The van der Waals surface area contributed by atoms with Crippen LogP contribution in [0, 0.1) is 11.3 Å². The van der Waals surface area contributed by atoms with E-state index in [1.807, 2.05) is 54.6 Å². The average Bonchev–Trinajstić information content (AvgIpc) is 3.43. The predicted molar refractivity (Wildman–Crippen MR) is 144 cm³/mol. The Morgan fingerprint density at radius 2 is 1.84 bits per heavy atom. The fourth-order valence-electron chi connectivity index (χ4n) is 5.36. The molecule has 8 heteroatoms. The number of amides is 2. The molecule has 37 heavy (non-hydrogen) atoms. The smallest absolute Gasteiger partial charge is 0.260 e. The Morgan fingerprint density at radius 3 is 2.59 bits per heavy atom. The van der Waals surface area contributed by atoms with E-state index >= 15 is 0 Å². The van der Waals surface area contributed by atoms with Crippen LogP contribution in [0.3, 0.4) is 0 Å². The molecule has 2 saturated heterocycles. The largest absolute Gasteiger partial charge is 0.382 e. The molecule has 5 rings (SSSR count). The first-order valence-electron chi connectivity index (χ1n) is 12.9. The minimum atomic E-state index is -0.268. The molecular weight excluding hydrogens is 464 g/mol. The zero-order valence-electron chi connectivity index (χ0n) is 21.1. The molecule has 2 fully saturated rings. The summed E-state index contributed by atoms with van der Waals surface area (Å²) in [5.74, 6) is -0.0377. The molecule has 0 aliphatic carbocycles. The number of benzene rings is 2. The van der Waals surface area contributed by atoms with E-state index in [2.05, 4.69) is 21.3 Å². The van der Waals surface area contributed by atoms with Crippen LogP contribution in [0.4, 0.5) is 11.4 Å². The summed E-state index contributed by atoms with van der Waals surface area (Å²) in [5, 5.41) is 13.9. The second-order valence-corrected chi connectivity index (χ2v) is 9.83. The molecule has 2 aliphatic rings. The van der Waals surface area contributed by atoms with Crippen LogP contribution in [-0.4, -0.2) is 71.9 Å². The Hall–Kier alpha value is -3.96. The van der Waals surface area contributed by atoms with E-state index in [9.17, 15) is 14.9 Å². The standard InChI is InChI=1S/C29H32N6O2/c1-33(22-7-3-2-4-8-22)29(37)25-11-12-26(24-10-5-15-31-28(24)25)32-21-13-17-34(18-14-21)20-27(36)35-16-6-9-23(35)19-30/h2-5,7-8,10-12,15,21,23,32H,6,9,13-14,16-18,20H2,1H3/t23-/m0/s1. The number of para-hydroxylation sites is 1. The molecule has 0 radical (unpaired) electrons. The van der Waals surface area contributed by atoms with Gasteiger partial charge in [-0.25, -0.2) is 0 Å². The third-order valence-electron chi connectivity index (χ3n) is 7.48. The fourth-order valence-corrected chi connectivity index (χ4v) is 5.36. The van der Waals surface area contributed by atoms with E-state index < -0.39 is 0 Å². The highest BCUT2D eigenvalue weighted by molar-refractivity contribution is 6.14. The molecule has 2 amide bonds. The van der Waals surface area contributed by atoms with Gasteiger partial charge in [0.05, 0.1) is 23.7 Å². The molecule has 2 aliphatic heterocycles. The summed E-state index contributed by atoms with van der Waals surface area (Å²) in [7, 11) is 1.78. The first-order valence-corrected chi connectivity index (χ1v) is 12.9. The van der Waals surface area contributed by atoms with Crippen molar-refractivity contribution in [1.82, 2.24) is 14.8 Å². The van der Waals surface area contributed by atoms with Crippen molar-refractivity contribution < 1.29 is 9.59 Å². The van der Waals surface area contributed by atoms with Crippen molar-refractivity contribution in [2.24, 2.45) is 0 Å². The molecule has 0 saturated carbocycles. The number of hydrogen-bond donors (Lipinski definition) is 1. The van der Waals surface area contributed by atoms with Crippen LogP contribution >= 0.6 is 0 Å². The van der Waals surface area contributed by atoms with E-state index in [-0.39, 0.29) is 23.9 Å². The number of carbonyl (C=O) groups excluding carboxylic acids is 2. The second-order valence-electron chi connectivity index (χ2n) is 9.83. The Labute approximate surface area is 217 Å². The molecule has 0 spiro atoms. The number of nitrogens with one attached hydrogen (secondary N) is 1. The quantitative estimate of drug-likeness (QED) is 0.556. The van der Waals surface area contributed by atoms with Gasteiger partial charge in [0.2, 0.25) is 5.91 Å². The van der Waals surface area contributed by atoms with Gasteiger partial charge < -0.3 is 15.1 Å². The molecule has 2 aromatic carbocycles. The summed E-state index contributed by atoms with van der Waals surface area (Å²) >= 11 is 0. The van der Waals surface area contributed by atoms with E-state index in [0.717, 1.165) is 55.5 Å². The molecule has 1 aromatic heterocycles. The summed E-state index contributed by atoms with van der Waals surface area (Å²) in [6, 6.07) is 19.6. The van der Waals surface area contributed by atoms with Gasteiger partial charge in [-0.1, -0.05) is 18.2 Å². The third kappa shape index (κ3) is 5.27. The van der Waals surface area contributed by atoms with Crippen molar-refractivity contribution in [2.75, 3.05) is 43.4 Å². The number of piperidine rings is 1. The summed E-state index contributed by atoms with van der Waals surface area (Å²) in [6.07, 6.45) is 5.23. The monoisotopic (exact) mass is 496 g/mol. The van der Waals surface area contributed by atoms with Crippen LogP contribution in [-0.2, 0) is 4.79 Å². The lowest BCUT2D eigenvalue weighted by atomic mass is 10.0. The molecule has 190 valence electrons. The van der Waals surface area contributed by atoms with Crippen molar-refractivity contribution in [1.29, 1.82) is 5.26 Å². The van der Waals surface area contributed by atoms with Crippen molar-refractivity contribution in [2.45, 2.75) is 37.8 Å². The maximum atomic E-state index is 13.3. The van der Waals surface area contributed by atoms with Crippen molar-refractivity contribution in [3.63, 3.8) is 0 Å². The Morgan fingerprint density at radius 1 is 1.05 bits per heavy atom. The number of fused-ring (bicyclic) bond motifs is 1. The Kier molecular flexibility index (Phi) is 7.33. The lowest BCUT2D eigenvalue weighted by Gasteiger charge is -2.34. The fraction of sp³-hybridized carbons (Fsp3) is 0.379. The van der Waals surface area contributed by atoms with Crippen LogP contribution in [0.25, 0.3) is 10.9 Å². The van der Waals surface area contributed by atoms with Gasteiger partial charge in [0.1, 0.15) is 6.04 Å². The van der Waals surface area contributed by atoms with Gasteiger partial charge in [-0.05, 0) is 62.1 Å². The van der Waals surface area contributed by atoms with Crippen molar-refractivity contribution >= 4 is 34.1 Å². The van der Waals surface area contributed by atoms with E-state index in [0.29, 0.717) is 24.2 Å². The normalized spacial score (nSPS) is 18.5. The van der Waals surface area contributed by atoms with E-state index in [1.165, 1.54) is 0 Å². The molecule has 1 atom stereocenters. The van der Waals surface area contributed by atoms with E-state index in [4.69, 9.17) is 0 Å². The summed E-state index contributed by atoms with van der Waals surface area (Å²) in [4.78, 5) is 36.2. The second kappa shape index (κ2) is 11.0. The maximum absolute atomic E-state index is 13.3. The molecular formula is C29H32N6O2. The van der Waals surface area contributed by atoms with Gasteiger partial charge in [0.15, 0.2) is 0 Å². The molecule has 3 heterocycles. The number of rotatable bonds is 6. The minimum Gasteiger partial charge on any atom is -0.382 e. The van der Waals surface area contributed by atoms with Crippen LogP contribution in [0.1, 0.15) is 36.0 Å². The van der Waals surface area contributed by atoms with Gasteiger partial charge in [-0.2, -0.15) is 5.26 Å². The van der Waals surface area contributed by atoms with Crippen LogP contribution in [0.5, 0.6) is 0 Å². The van der Waals surface area contributed by atoms with Crippen LogP contribution < -0.4 is 10.2 Å². The van der Waals surface area contributed by atoms with Gasteiger partial charge in [-0.15, -0.1) is 0 Å².